The average Bonchev–Trinajstić information content (AvgIpc) is 3.22. The van der Waals surface area contributed by atoms with Crippen LogP contribution in [-0.2, 0) is 4.79 Å². The van der Waals surface area contributed by atoms with Crippen molar-refractivity contribution in [1.82, 2.24) is 19.9 Å². The number of hydrogen-bond donors (Lipinski definition) is 1. The Bertz CT molecular complexity index is 839. The zero-order chi connectivity index (χ0) is 17.4. The molecule has 7 nitrogen and oxygen atoms in total. The van der Waals surface area contributed by atoms with E-state index in [-0.39, 0.29) is 17.9 Å². The molecule has 1 N–H and O–H groups in total. The molecule has 2 atom stereocenters. The number of H-pyrrole nitrogens is 1. The summed E-state index contributed by atoms with van der Waals surface area (Å²) >= 11 is 0. The van der Waals surface area contributed by atoms with Crippen LogP contribution in [0.1, 0.15) is 32.6 Å². The zero-order valence-corrected chi connectivity index (χ0v) is 14.4. The summed E-state index contributed by atoms with van der Waals surface area (Å²) < 4.78 is 0. The van der Waals surface area contributed by atoms with Gasteiger partial charge in [0.15, 0.2) is 0 Å². The number of fused-ring (bicyclic) bond motifs is 1. The van der Waals surface area contributed by atoms with Gasteiger partial charge in [-0.15, -0.1) is 0 Å². The third-order valence-corrected chi connectivity index (χ3v) is 5.64. The number of rotatable bonds is 2. The molecule has 1 amide bonds. The highest BCUT2D eigenvalue weighted by Gasteiger charge is 2.48. The van der Waals surface area contributed by atoms with Gasteiger partial charge >= 0.3 is 0 Å². The molecule has 0 radical (unpaired) electrons. The lowest BCUT2D eigenvalue weighted by Crippen LogP contribution is -2.57. The Morgan fingerprint density at radius 2 is 2.36 bits per heavy atom. The van der Waals surface area contributed by atoms with Gasteiger partial charge < -0.3 is 14.8 Å². The van der Waals surface area contributed by atoms with Gasteiger partial charge in [0, 0.05) is 25.8 Å². The number of piperidine rings is 1. The number of nitrogens with one attached hydrogen (secondary N) is 1. The predicted octanol–water partition coefficient (Wildman–Crippen LogP) is 2.08. The Hall–Kier alpha value is -2.62. The molecule has 1 spiro atoms. The fourth-order valence-corrected chi connectivity index (χ4v) is 4.53. The van der Waals surface area contributed by atoms with E-state index < -0.39 is 0 Å². The van der Waals surface area contributed by atoms with Crippen LogP contribution < -0.4 is 4.90 Å². The third kappa shape index (κ3) is 2.62. The number of carbonyl (C=O) groups excluding carboxylic acids is 1. The summed E-state index contributed by atoms with van der Waals surface area (Å²) in [5, 5.41) is 9.96. The molecular formula is C18H22N6O. The molecule has 2 aromatic rings. The quantitative estimate of drug-likeness (QED) is 0.905. The van der Waals surface area contributed by atoms with E-state index in [1.807, 2.05) is 23.2 Å². The number of anilines is 1. The minimum Gasteiger partial charge on any atom is -0.354 e. The third-order valence-electron chi connectivity index (χ3n) is 5.64. The average molecular weight is 338 g/mol. The van der Waals surface area contributed by atoms with Crippen LogP contribution in [0.3, 0.4) is 0 Å². The van der Waals surface area contributed by atoms with Gasteiger partial charge in [0.25, 0.3) is 0 Å². The second kappa shape index (κ2) is 6.03. The Labute approximate surface area is 146 Å². The number of carbonyl (C=O) groups is 1. The Kier molecular flexibility index (Phi) is 3.83. The van der Waals surface area contributed by atoms with Crippen LogP contribution in [0.5, 0.6) is 0 Å². The molecule has 0 aromatic carbocycles. The van der Waals surface area contributed by atoms with E-state index in [4.69, 9.17) is 5.26 Å². The van der Waals surface area contributed by atoms with Gasteiger partial charge in [-0.1, -0.05) is 6.92 Å². The summed E-state index contributed by atoms with van der Waals surface area (Å²) in [6.07, 6.45) is 6.34. The Balaban J connectivity index is 1.65. The molecule has 2 unspecified atom stereocenters. The molecule has 4 heterocycles. The number of aromatic amines is 1. The van der Waals surface area contributed by atoms with E-state index in [1.54, 1.807) is 6.33 Å². The van der Waals surface area contributed by atoms with Crippen LogP contribution in [0.25, 0.3) is 11.0 Å². The van der Waals surface area contributed by atoms with E-state index in [1.165, 1.54) is 0 Å². The molecule has 2 aromatic heterocycles. The molecular weight excluding hydrogens is 316 g/mol. The highest BCUT2D eigenvalue weighted by atomic mass is 16.2. The van der Waals surface area contributed by atoms with Crippen LogP contribution in [0.2, 0.25) is 0 Å². The highest BCUT2D eigenvalue weighted by Crippen LogP contribution is 2.41. The largest absolute Gasteiger partial charge is 0.354 e. The highest BCUT2D eigenvalue weighted by molar-refractivity contribution is 5.87. The fraction of sp³-hybridized carbons (Fsp3) is 0.556. The first-order valence-corrected chi connectivity index (χ1v) is 8.83. The van der Waals surface area contributed by atoms with E-state index in [9.17, 15) is 4.79 Å². The molecule has 4 rings (SSSR count). The van der Waals surface area contributed by atoms with Crippen molar-refractivity contribution < 1.29 is 4.79 Å². The molecule has 0 aliphatic carbocycles. The molecule has 2 fully saturated rings. The topological polar surface area (TPSA) is 88.9 Å². The summed E-state index contributed by atoms with van der Waals surface area (Å²) in [7, 11) is 0. The molecule has 2 aliphatic heterocycles. The summed E-state index contributed by atoms with van der Waals surface area (Å²) in [5.41, 5.74) is 0.652. The number of nitrogens with zero attached hydrogens (tertiary/aromatic N) is 5. The molecule has 2 aliphatic rings. The number of hydrogen-bond acceptors (Lipinski definition) is 5. The monoisotopic (exact) mass is 338 g/mol. The van der Waals surface area contributed by atoms with Crippen molar-refractivity contribution in [2.75, 3.05) is 24.5 Å². The van der Waals surface area contributed by atoms with Crippen molar-refractivity contribution in [3.63, 3.8) is 0 Å². The van der Waals surface area contributed by atoms with Gasteiger partial charge in [0.05, 0.1) is 17.0 Å². The lowest BCUT2D eigenvalue weighted by Gasteiger charge is -2.47. The Morgan fingerprint density at radius 1 is 1.48 bits per heavy atom. The number of amides is 1. The number of nitriles is 1. The van der Waals surface area contributed by atoms with Crippen LogP contribution in [-0.4, -0.2) is 50.9 Å². The minimum absolute atomic E-state index is 0.0360. The summed E-state index contributed by atoms with van der Waals surface area (Å²) in [6, 6.07) is 4.01. The summed E-state index contributed by atoms with van der Waals surface area (Å²) in [6.45, 7) is 4.64. The maximum atomic E-state index is 12.5. The molecule has 7 heteroatoms. The number of likely N-dealkylation sites (tertiary alicyclic amines) is 1. The van der Waals surface area contributed by atoms with Gasteiger partial charge in [-0.05, 0) is 31.2 Å². The van der Waals surface area contributed by atoms with Crippen molar-refractivity contribution in [3.8, 4) is 6.07 Å². The van der Waals surface area contributed by atoms with Gasteiger partial charge in [0.2, 0.25) is 5.91 Å². The van der Waals surface area contributed by atoms with Crippen LogP contribution in [0.15, 0.2) is 18.6 Å². The lowest BCUT2D eigenvalue weighted by molar-refractivity contribution is -0.139. The zero-order valence-electron chi connectivity index (χ0n) is 14.4. The van der Waals surface area contributed by atoms with E-state index in [2.05, 4.69) is 26.8 Å². The van der Waals surface area contributed by atoms with Crippen molar-refractivity contribution >= 4 is 22.8 Å². The van der Waals surface area contributed by atoms with Gasteiger partial charge in [-0.3, -0.25) is 4.79 Å². The van der Waals surface area contributed by atoms with Gasteiger partial charge in [0.1, 0.15) is 24.2 Å². The standard InChI is InChI=1S/C18H22N6O/c1-13-4-8-24(15(25)2-6-19)18(10-13)5-9-23(11-18)17-14-3-7-20-16(14)21-12-22-17/h3,7,12-13H,2,4-5,8-11H2,1H3,(H,20,21,22). The van der Waals surface area contributed by atoms with E-state index in [0.29, 0.717) is 5.92 Å². The van der Waals surface area contributed by atoms with Crippen molar-refractivity contribution in [3.05, 3.63) is 18.6 Å². The molecule has 130 valence electrons. The minimum atomic E-state index is -0.181. The molecule has 25 heavy (non-hydrogen) atoms. The van der Waals surface area contributed by atoms with Crippen molar-refractivity contribution in [2.45, 2.75) is 38.1 Å². The first-order chi connectivity index (χ1) is 12.1. The SMILES string of the molecule is CC1CCN(C(=O)CC#N)C2(CCN(c3ncnc4[nH]ccc34)C2)C1. The summed E-state index contributed by atoms with van der Waals surface area (Å²) in [4.78, 5) is 28.7. The van der Waals surface area contributed by atoms with Crippen molar-refractivity contribution in [2.24, 2.45) is 5.92 Å². The van der Waals surface area contributed by atoms with Crippen molar-refractivity contribution in [1.29, 1.82) is 5.26 Å². The lowest BCUT2D eigenvalue weighted by atomic mass is 9.80. The second-order valence-corrected chi connectivity index (χ2v) is 7.31. The maximum absolute atomic E-state index is 12.5. The first-order valence-electron chi connectivity index (χ1n) is 8.83. The smallest absolute Gasteiger partial charge is 0.237 e. The molecule has 0 bridgehead atoms. The molecule has 0 saturated carbocycles. The van der Waals surface area contributed by atoms with Gasteiger partial charge in [-0.25, -0.2) is 9.97 Å². The maximum Gasteiger partial charge on any atom is 0.237 e. The first kappa shape index (κ1) is 15.9. The fourth-order valence-electron chi connectivity index (χ4n) is 4.53. The number of aromatic nitrogens is 3. The van der Waals surface area contributed by atoms with E-state index >= 15 is 0 Å². The van der Waals surface area contributed by atoms with E-state index in [0.717, 1.165) is 55.7 Å². The second-order valence-electron chi connectivity index (χ2n) is 7.31. The normalized spacial score (nSPS) is 26.3. The predicted molar refractivity (Wildman–Crippen MR) is 93.8 cm³/mol. The molecule has 2 saturated heterocycles. The van der Waals surface area contributed by atoms with Gasteiger partial charge in [-0.2, -0.15) is 5.26 Å². The van der Waals surface area contributed by atoms with Crippen LogP contribution in [0.4, 0.5) is 5.82 Å². The summed E-state index contributed by atoms with van der Waals surface area (Å²) in [5.74, 6) is 1.48. The van der Waals surface area contributed by atoms with Crippen LogP contribution >= 0.6 is 0 Å². The van der Waals surface area contributed by atoms with Crippen LogP contribution in [0, 0.1) is 17.2 Å². The Morgan fingerprint density at radius 3 is 3.20 bits per heavy atom.